The van der Waals surface area contributed by atoms with Crippen molar-refractivity contribution < 1.29 is 22.7 Å². The van der Waals surface area contributed by atoms with Crippen molar-refractivity contribution >= 4 is 56.6 Å². The second kappa shape index (κ2) is 9.33. The van der Waals surface area contributed by atoms with Gasteiger partial charge in [-0.15, -0.1) is 11.3 Å². The molecule has 1 heterocycles. The molecule has 150 valence electrons. The first kappa shape index (κ1) is 22.1. The standard InChI is InChI=1S/C18H19ClN2O5S2/c1-12-4-6-14(27-12)7-9-18(23)26-11-17(22)20-13-5-8-15(19)16(10-13)28(24,25)21(2)3/h4-10H,11H2,1-3H3,(H,20,22)/b9-7+. The molecule has 0 saturated heterocycles. The molecule has 0 aliphatic rings. The third kappa shape index (κ3) is 5.90. The lowest BCUT2D eigenvalue weighted by atomic mass is 10.3. The van der Waals surface area contributed by atoms with Gasteiger partial charge in [-0.25, -0.2) is 17.5 Å². The first-order valence-corrected chi connectivity index (χ1v) is 10.7. The molecule has 0 aliphatic heterocycles. The Morgan fingerprint density at radius 2 is 1.96 bits per heavy atom. The summed E-state index contributed by atoms with van der Waals surface area (Å²) in [6.45, 7) is 1.45. The number of carbonyl (C=O) groups excluding carboxylic acids is 2. The van der Waals surface area contributed by atoms with E-state index < -0.39 is 28.5 Å². The molecule has 7 nitrogen and oxygen atoms in total. The molecular formula is C18H19ClN2O5S2. The number of nitrogens with zero attached hydrogens (tertiary/aromatic N) is 1. The van der Waals surface area contributed by atoms with Gasteiger partial charge in [0.05, 0.1) is 5.02 Å². The molecular weight excluding hydrogens is 424 g/mol. The molecule has 1 amide bonds. The molecule has 0 radical (unpaired) electrons. The van der Waals surface area contributed by atoms with E-state index in [4.69, 9.17) is 16.3 Å². The summed E-state index contributed by atoms with van der Waals surface area (Å²) in [5.41, 5.74) is 0.218. The lowest BCUT2D eigenvalue weighted by Crippen LogP contribution is -2.23. The zero-order valence-electron chi connectivity index (χ0n) is 15.4. The van der Waals surface area contributed by atoms with E-state index in [1.807, 2.05) is 19.1 Å². The van der Waals surface area contributed by atoms with Crippen LogP contribution in [0.4, 0.5) is 5.69 Å². The van der Waals surface area contributed by atoms with Gasteiger partial charge in [-0.2, -0.15) is 0 Å². The number of rotatable bonds is 7. The maximum absolute atomic E-state index is 12.2. The summed E-state index contributed by atoms with van der Waals surface area (Å²) >= 11 is 7.48. The van der Waals surface area contributed by atoms with Gasteiger partial charge in [0.15, 0.2) is 6.61 Å². The Balaban J connectivity index is 1.96. The van der Waals surface area contributed by atoms with E-state index >= 15 is 0 Å². The molecule has 2 aromatic rings. The van der Waals surface area contributed by atoms with Crippen molar-refractivity contribution in [3.63, 3.8) is 0 Å². The number of hydrogen-bond acceptors (Lipinski definition) is 6. The van der Waals surface area contributed by atoms with Crippen molar-refractivity contribution in [2.75, 3.05) is 26.0 Å². The predicted molar refractivity (Wildman–Crippen MR) is 110 cm³/mol. The summed E-state index contributed by atoms with van der Waals surface area (Å²) < 4.78 is 30.4. The smallest absolute Gasteiger partial charge is 0.331 e. The molecule has 0 spiro atoms. The monoisotopic (exact) mass is 442 g/mol. The maximum Gasteiger partial charge on any atom is 0.331 e. The van der Waals surface area contributed by atoms with Crippen LogP contribution in [0.3, 0.4) is 0 Å². The third-order valence-corrected chi connectivity index (χ3v) is 6.73. The zero-order valence-corrected chi connectivity index (χ0v) is 17.8. The number of hydrogen-bond donors (Lipinski definition) is 1. The molecule has 1 aromatic carbocycles. The number of sulfonamides is 1. The Morgan fingerprint density at radius 3 is 2.57 bits per heavy atom. The molecule has 0 atom stereocenters. The Kier molecular flexibility index (Phi) is 7.36. The van der Waals surface area contributed by atoms with E-state index in [1.165, 1.54) is 49.7 Å². The zero-order chi connectivity index (χ0) is 20.9. The highest BCUT2D eigenvalue weighted by Gasteiger charge is 2.21. The van der Waals surface area contributed by atoms with Gasteiger partial charge in [-0.3, -0.25) is 4.79 Å². The summed E-state index contributed by atoms with van der Waals surface area (Å²) in [6, 6.07) is 7.87. The van der Waals surface area contributed by atoms with Gasteiger partial charge in [-0.05, 0) is 43.3 Å². The van der Waals surface area contributed by atoms with Gasteiger partial charge < -0.3 is 10.1 Å². The maximum atomic E-state index is 12.2. The van der Waals surface area contributed by atoms with E-state index in [9.17, 15) is 18.0 Å². The van der Waals surface area contributed by atoms with Gasteiger partial charge in [0, 0.05) is 35.6 Å². The molecule has 0 saturated carbocycles. The summed E-state index contributed by atoms with van der Waals surface area (Å²) in [5.74, 6) is -1.27. The van der Waals surface area contributed by atoms with E-state index in [1.54, 1.807) is 6.08 Å². The van der Waals surface area contributed by atoms with Gasteiger partial charge in [0.2, 0.25) is 10.0 Å². The molecule has 0 fully saturated rings. The number of anilines is 1. The highest BCUT2D eigenvalue weighted by molar-refractivity contribution is 7.89. The number of amides is 1. The van der Waals surface area contributed by atoms with Crippen LogP contribution in [-0.4, -0.2) is 45.3 Å². The topological polar surface area (TPSA) is 92.8 Å². The van der Waals surface area contributed by atoms with Crippen LogP contribution in [0, 0.1) is 6.92 Å². The van der Waals surface area contributed by atoms with Crippen molar-refractivity contribution in [1.29, 1.82) is 0 Å². The lowest BCUT2D eigenvalue weighted by Gasteiger charge is -2.14. The Hall–Kier alpha value is -2.20. The van der Waals surface area contributed by atoms with Crippen molar-refractivity contribution in [3.8, 4) is 0 Å². The number of halogens is 1. The van der Waals surface area contributed by atoms with E-state index in [0.717, 1.165) is 14.1 Å². The number of nitrogens with one attached hydrogen (secondary N) is 1. The Morgan fingerprint density at radius 1 is 1.25 bits per heavy atom. The quantitative estimate of drug-likeness (QED) is 0.525. The molecule has 0 aliphatic carbocycles. The fourth-order valence-corrected chi connectivity index (χ4v) is 4.22. The minimum Gasteiger partial charge on any atom is -0.452 e. The summed E-state index contributed by atoms with van der Waals surface area (Å²) in [4.78, 5) is 25.5. The summed E-state index contributed by atoms with van der Waals surface area (Å²) in [6.07, 6.45) is 2.85. The molecule has 10 heteroatoms. The fraction of sp³-hybridized carbons (Fsp3) is 0.222. The van der Waals surface area contributed by atoms with Crippen molar-refractivity contribution in [2.24, 2.45) is 0 Å². The largest absolute Gasteiger partial charge is 0.452 e. The van der Waals surface area contributed by atoms with E-state index in [0.29, 0.717) is 0 Å². The highest BCUT2D eigenvalue weighted by atomic mass is 35.5. The number of aryl methyl sites for hydroxylation is 1. The fourth-order valence-electron chi connectivity index (χ4n) is 2.05. The first-order valence-electron chi connectivity index (χ1n) is 8.03. The van der Waals surface area contributed by atoms with Gasteiger partial charge >= 0.3 is 5.97 Å². The van der Waals surface area contributed by atoms with Crippen LogP contribution in [0.2, 0.25) is 5.02 Å². The second-order valence-corrected chi connectivity index (χ2v) is 9.72. The predicted octanol–water partition coefficient (Wildman–Crippen LogP) is 3.16. The van der Waals surface area contributed by atoms with Crippen LogP contribution in [-0.2, 0) is 24.3 Å². The molecule has 2 rings (SSSR count). The minimum absolute atomic E-state index is 0.0343. The van der Waals surface area contributed by atoms with Crippen molar-refractivity contribution in [3.05, 3.63) is 51.2 Å². The molecule has 0 unspecified atom stereocenters. The second-order valence-electron chi connectivity index (χ2n) is 5.87. The number of benzene rings is 1. The first-order chi connectivity index (χ1) is 13.1. The van der Waals surface area contributed by atoms with Crippen molar-refractivity contribution in [2.45, 2.75) is 11.8 Å². The normalized spacial score (nSPS) is 11.8. The van der Waals surface area contributed by atoms with Crippen LogP contribution in [0.15, 0.2) is 41.3 Å². The van der Waals surface area contributed by atoms with Crippen LogP contribution < -0.4 is 5.32 Å². The lowest BCUT2D eigenvalue weighted by molar-refractivity contribution is -0.142. The van der Waals surface area contributed by atoms with Crippen LogP contribution in [0.25, 0.3) is 6.08 Å². The number of ether oxygens (including phenoxy) is 1. The summed E-state index contributed by atoms with van der Waals surface area (Å²) in [5, 5.41) is 2.51. The SMILES string of the molecule is Cc1ccc(/C=C/C(=O)OCC(=O)Nc2ccc(Cl)c(S(=O)(=O)N(C)C)c2)s1. The minimum atomic E-state index is -3.77. The van der Waals surface area contributed by atoms with E-state index in [2.05, 4.69) is 5.32 Å². The van der Waals surface area contributed by atoms with Crippen LogP contribution >= 0.6 is 22.9 Å². The average molecular weight is 443 g/mol. The molecule has 28 heavy (non-hydrogen) atoms. The number of esters is 1. The van der Waals surface area contributed by atoms with Crippen molar-refractivity contribution in [1.82, 2.24) is 4.31 Å². The highest BCUT2D eigenvalue weighted by Crippen LogP contribution is 2.26. The molecule has 1 aromatic heterocycles. The molecule has 0 bridgehead atoms. The molecule has 1 N–H and O–H groups in total. The Bertz CT molecular complexity index is 1010. The van der Waals surface area contributed by atoms with Gasteiger partial charge in [-0.1, -0.05) is 11.6 Å². The van der Waals surface area contributed by atoms with Gasteiger partial charge in [0.1, 0.15) is 4.90 Å². The average Bonchev–Trinajstić information content (AvgIpc) is 3.05. The number of thiophene rings is 1. The summed E-state index contributed by atoms with van der Waals surface area (Å²) in [7, 11) is -1.01. The van der Waals surface area contributed by atoms with Crippen LogP contribution in [0.1, 0.15) is 9.75 Å². The number of carbonyl (C=O) groups is 2. The van der Waals surface area contributed by atoms with Gasteiger partial charge in [0.25, 0.3) is 5.91 Å². The third-order valence-electron chi connectivity index (χ3n) is 3.46. The van der Waals surface area contributed by atoms with Crippen LogP contribution in [0.5, 0.6) is 0 Å². The van der Waals surface area contributed by atoms with E-state index in [-0.39, 0.29) is 15.6 Å². The Labute approximate surface area is 172 Å².